The minimum absolute atomic E-state index is 0.0752. The second-order valence-corrected chi connectivity index (χ2v) is 1.65. The molecule has 0 spiro atoms. The first kappa shape index (κ1) is 6.40. The second kappa shape index (κ2) is 1.90. The van der Waals surface area contributed by atoms with Gasteiger partial charge in [-0.25, -0.2) is 9.98 Å². The van der Waals surface area contributed by atoms with Crippen LogP contribution < -0.4 is 11.5 Å². The van der Waals surface area contributed by atoms with E-state index in [1.54, 1.807) is 0 Å². The SMILES string of the molecule is N=C1N=C(C(N)=O)N=C1N. The van der Waals surface area contributed by atoms with Crippen LogP contribution in [-0.2, 0) is 4.79 Å². The maximum atomic E-state index is 10.3. The number of amides is 1. The zero-order valence-electron chi connectivity index (χ0n) is 4.96. The number of aliphatic imine (C=N–C) groups is 2. The first-order chi connectivity index (χ1) is 4.61. The number of carbonyl (C=O) groups is 1. The molecule has 1 rings (SSSR count). The highest BCUT2D eigenvalue weighted by Gasteiger charge is 2.16. The quantitative estimate of drug-likeness (QED) is 0.398. The molecule has 52 valence electrons. The minimum atomic E-state index is -0.773. The van der Waals surface area contributed by atoms with Crippen molar-refractivity contribution in [2.75, 3.05) is 0 Å². The van der Waals surface area contributed by atoms with Crippen LogP contribution in [0.3, 0.4) is 0 Å². The van der Waals surface area contributed by atoms with Crippen molar-refractivity contribution in [3.8, 4) is 0 Å². The Kier molecular flexibility index (Phi) is 1.22. The molecule has 0 aromatic heterocycles. The maximum Gasteiger partial charge on any atom is 0.286 e. The summed E-state index contributed by atoms with van der Waals surface area (Å²) in [6, 6.07) is 0. The van der Waals surface area contributed by atoms with Gasteiger partial charge in [-0.05, 0) is 0 Å². The van der Waals surface area contributed by atoms with E-state index < -0.39 is 5.91 Å². The van der Waals surface area contributed by atoms with Gasteiger partial charge >= 0.3 is 0 Å². The molecule has 1 amide bonds. The molecule has 0 aliphatic carbocycles. The smallest absolute Gasteiger partial charge is 0.286 e. The fourth-order valence-corrected chi connectivity index (χ4v) is 0.465. The van der Waals surface area contributed by atoms with Crippen LogP contribution in [0.2, 0.25) is 0 Å². The summed E-state index contributed by atoms with van der Waals surface area (Å²) in [7, 11) is 0. The molecule has 0 fully saturated rings. The summed E-state index contributed by atoms with van der Waals surface area (Å²) in [6.45, 7) is 0. The van der Waals surface area contributed by atoms with Gasteiger partial charge in [-0.2, -0.15) is 0 Å². The Morgan fingerprint density at radius 1 is 1.50 bits per heavy atom. The largest absolute Gasteiger partial charge is 0.380 e. The second-order valence-electron chi connectivity index (χ2n) is 1.65. The van der Waals surface area contributed by atoms with Crippen molar-refractivity contribution in [2.45, 2.75) is 0 Å². The molecule has 0 atom stereocenters. The minimum Gasteiger partial charge on any atom is -0.380 e. The van der Waals surface area contributed by atoms with Crippen LogP contribution in [0.1, 0.15) is 0 Å². The summed E-state index contributed by atoms with van der Waals surface area (Å²) in [4.78, 5) is 17.1. The van der Waals surface area contributed by atoms with Gasteiger partial charge in [0.25, 0.3) is 5.91 Å². The van der Waals surface area contributed by atoms with Crippen molar-refractivity contribution in [2.24, 2.45) is 21.5 Å². The number of amidine groups is 3. The molecular formula is C4H5N5O. The molecule has 0 saturated heterocycles. The zero-order valence-corrected chi connectivity index (χ0v) is 4.96. The summed E-state index contributed by atoms with van der Waals surface area (Å²) in [5, 5.41) is 6.93. The lowest BCUT2D eigenvalue weighted by Gasteiger charge is -1.82. The number of hydrogen-bond donors (Lipinski definition) is 3. The van der Waals surface area contributed by atoms with Crippen molar-refractivity contribution < 1.29 is 4.79 Å². The first-order valence-corrected chi connectivity index (χ1v) is 2.43. The number of nitrogens with zero attached hydrogens (tertiary/aromatic N) is 2. The fourth-order valence-electron chi connectivity index (χ4n) is 0.465. The third-order valence-corrected chi connectivity index (χ3v) is 0.907. The lowest BCUT2D eigenvalue weighted by atomic mass is 10.6. The Labute approximate surface area is 56.1 Å². The predicted octanol–water partition coefficient (Wildman–Crippen LogP) is -1.78. The molecule has 0 saturated carbocycles. The molecular weight excluding hydrogens is 134 g/mol. The van der Waals surface area contributed by atoms with Crippen molar-refractivity contribution in [1.82, 2.24) is 0 Å². The van der Waals surface area contributed by atoms with Crippen LogP contribution in [0.15, 0.2) is 9.98 Å². The van der Waals surface area contributed by atoms with Gasteiger partial charge in [0.2, 0.25) is 5.84 Å². The van der Waals surface area contributed by atoms with Gasteiger partial charge in [-0.15, -0.1) is 0 Å². The third kappa shape index (κ3) is 0.859. The Bertz CT molecular complexity index is 253. The van der Waals surface area contributed by atoms with E-state index in [-0.39, 0.29) is 17.5 Å². The van der Waals surface area contributed by atoms with Gasteiger partial charge in [0.1, 0.15) is 0 Å². The lowest BCUT2D eigenvalue weighted by Crippen LogP contribution is -2.21. The number of primary amides is 1. The molecule has 0 unspecified atom stereocenters. The van der Waals surface area contributed by atoms with Crippen LogP contribution in [0, 0.1) is 5.41 Å². The van der Waals surface area contributed by atoms with E-state index in [2.05, 4.69) is 9.98 Å². The van der Waals surface area contributed by atoms with E-state index in [0.29, 0.717) is 0 Å². The summed E-state index contributed by atoms with van der Waals surface area (Å²) in [5.74, 6) is -1.27. The number of carbonyl (C=O) groups excluding carboxylic acids is 1. The molecule has 6 heteroatoms. The molecule has 1 aliphatic heterocycles. The van der Waals surface area contributed by atoms with E-state index in [1.807, 2.05) is 0 Å². The number of hydrogen-bond acceptors (Lipinski definition) is 4. The maximum absolute atomic E-state index is 10.3. The summed E-state index contributed by atoms with van der Waals surface area (Å²) >= 11 is 0. The van der Waals surface area contributed by atoms with Crippen molar-refractivity contribution in [3.05, 3.63) is 0 Å². The molecule has 5 N–H and O–H groups in total. The Morgan fingerprint density at radius 2 is 2.10 bits per heavy atom. The highest BCUT2D eigenvalue weighted by Crippen LogP contribution is 1.93. The standard InChI is InChI=1S/C4H5N5O/c5-1-2(6)9-4(8-1)3(7)10/h(H2,7,10)(H3,5,6,8,9). The molecule has 1 aliphatic rings. The summed E-state index contributed by atoms with van der Waals surface area (Å²) < 4.78 is 0. The highest BCUT2D eigenvalue weighted by atomic mass is 16.1. The lowest BCUT2D eigenvalue weighted by molar-refractivity contribution is -0.112. The monoisotopic (exact) mass is 139 g/mol. The van der Waals surface area contributed by atoms with E-state index in [1.165, 1.54) is 0 Å². The number of rotatable bonds is 1. The average molecular weight is 139 g/mol. The zero-order chi connectivity index (χ0) is 7.72. The van der Waals surface area contributed by atoms with Gasteiger partial charge in [0, 0.05) is 0 Å². The molecule has 0 aromatic rings. The number of nitrogens with one attached hydrogen (secondary N) is 1. The predicted molar refractivity (Wildman–Crippen MR) is 36.0 cm³/mol. The van der Waals surface area contributed by atoms with Crippen LogP contribution >= 0.6 is 0 Å². The van der Waals surface area contributed by atoms with E-state index in [0.717, 1.165) is 0 Å². The average Bonchev–Trinajstić information content (AvgIpc) is 2.13. The van der Waals surface area contributed by atoms with Gasteiger partial charge in [0.05, 0.1) is 0 Å². The normalized spacial score (nSPS) is 16.6. The van der Waals surface area contributed by atoms with Crippen molar-refractivity contribution in [1.29, 1.82) is 5.41 Å². The van der Waals surface area contributed by atoms with Crippen molar-refractivity contribution in [3.63, 3.8) is 0 Å². The Balaban J connectivity index is 2.96. The van der Waals surface area contributed by atoms with Crippen LogP contribution in [0.25, 0.3) is 0 Å². The van der Waals surface area contributed by atoms with Crippen LogP contribution in [-0.4, -0.2) is 23.4 Å². The molecule has 0 bridgehead atoms. The topological polar surface area (TPSA) is 118 Å². The number of nitrogens with two attached hydrogens (primary N) is 2. The molecule has 6 nitrogen and oxygen atoms in total. The van der Waals surface area contributed by atoms with Crippen molar-refractivity contribution >= 4 is 23.4 Å². The summed E-state index contributed by atoms with van der Waals surface area (Å²) in [6.07, 6.45) is 0. The van der Waals surface area contributed by atoms with Gasteiger partial charge in [-0.3, -0.25) is 10.2 Å². The van der Waals surface area contributed by atoms with E-state index >= 15 is 0 Å². The molecule has 10 heavy (non-hydrogen) atoms. The van der Waals surface area contributed by atoms with Gasteiger partial charge < -0.3 is 11.5 Å². The van der Waals surface area contributed by atoms with Gasteiger partial charge in [-0.1, -0.05) is 0 Å². The first-order valence-electron chi connectivity index (χ1n) is 2.43. The third-order valence-electron chi connectivity index (χ3n) is 0.907. The van der Waals surface area contributed by atoms with Crippen LogP contribution in [0.5, 0.6) is 0 Å². The Hall–Kier alpha value is -1.72. The molecule has 0 radical (unpaired) electrons. The Morgan fingerprint density at radius 3 is 2.30 bits per heavy atom. The molecule has 1 heterocycles. The summed E-state index contributed by atoms with van der Waals surface area (Å²) in [5.41, 5.74) is 9.90. The van der Waals surface area contributed by atoms with E-state index in [9.17, 15) is 4.79 Å². The van der Waals surface area contributed by atoms with Gasteiger partial charge in [0.15, 0.2) is 11.7 Å². The van der Waals surface area contributed by atoms with Crippen LogP contribution in [0.4, 0.5) is 0 Å². The van der Waals surface area contributed by atoms with E-state index in [4.69, 9.17) is 16.9 Å². The fraction of sp³-hybridized carbons (Fsp3) is 0. The molecule has 0 aromatic carbocycles. The highest BCUT2D eigenvalue weighted by molar-refractivity contribution is 6.54.